The lowest BCUT2D eigenvalue weighted by Gasteiger charge is -2.26. The molecule has 0 atom stereocenters. The molecule has 0 bridgehead atoms. The van der Waals surface area contributed by atoms with Gasteiger partial charge in [0.1, 0.15) is 17.0 Å². The van der Waals surface area contributed by atoms with Crippen molar-refractivity contribution in [3.05, 3.63) is 132 Å². The quantitative estimate of drug-likeness (QED) is 0.113. The Morgan fingerprint density at radius 3 is 2.36 bits per heavy atom. The van der Waals surface area contributed by atoms with Crippen molar-refractivity contribution in [1.29, 1.82) is 0 Å². The van der Waals surface area contributed by atoms with E-state index in [2.05, 4.69) is 42.0 Å². The molecule has 0 saturated carbocycles. The van der Waals surface area contributed by atoms with E-state index >= 15 is 0 Å². The molecule has 1 aliphatic heterocycles. The maximum atomic E-state index is 9.62. The van der Waals surface area contributed by atoms with Crippen molar-refractivity contribution < 1.29 is 16.9 Å². The first-order valence-corrected chi connectivity index (χ1v) is 13.5. The van der Waals surface area contributed by atoms with Crippen molar-refractivity contribution in [3.8, 4) is 22.6 Å². The van der Waals surface area contributed by atoms with E-state index in [-0.39, 0.29) is 5.43 Å². The predicted molar refractivity (Wildman–Crippen MR) is 157 cm³/mol. The van der Waals surface area contributed by atoms with Crippen LogP contribution in [0.15, 0.2) is 109 Å². The Labute approximate surface area is 235 Å². The van der Waals surface area contributed by atoms with Gasteiger partial charge in [0.15, 0.2) is 0 Å². The standard InChI is InChI=1S/C12H10O.C11H10NO.C10H9NO.Al/c13-12-8-6-11(7-9-12)10-4-2-1-3-5-10;1-8-6-7-9-4-3-5-10(13)11(9)12(8)2;1-7-5-6-8-3-2-4-9(12)10(8)11-7;/h1-9,13H;3-7H,2H2,1H3;2-6,12H,1H3;/q;-1;;+2/p-1. The van der Waals surface area contributed by atoms with Gasteiger partial charge in [0, 0.05) is 23.2 Å². The van der Waals surface area contributed by atoms with Crippen LogP contribution in [-0.2, 0) is 0 Å². The van der Waals surface area contributed by atoms with E-state index in [1.807, 2.05) is 92.7 Å². The number of nitrogens with zero attached hydrogens (tertiary/aromatic N) is 2. The molecule has 1 radical (unpaired) electrons. The first-order chi connectivity index (χ1) is 19.0. The first-order valence-electron chi connectivity index (χ1n) is 12.6. The summed E-state index contributed by atoms with van der Waals surface area (Å²) in [6.07, 6.45) is 3.96. The highest BCUT2D eigenvalue weighted by Gasteiger charge is 2.12. The van der Waals surface area contributed by atoms with Crippen LogP contribution in [0, 0.1) is 13.0 Å². The maximum Gasteiger partial charge on any atom is 0.881 e. The third-order valence-corrected chi connectivity index (χ3v) is 7.11. The van der Waals surface area contributed by atoms with Crippen LogP contribution < -0.4 is 13.0 Å². The van der Waals surface area contributed by atoms with Crippen LogP contribution in [0.3, 0.4) is 0 Å². The van der Waals surface area contributed by atoms with E-state index in [0.29, 0.717) is 0 Å². The summed E-state index contributed by atoms with van der Waals surface area (Å²) in [5.41, 5.74) is 6.27. The molecule has 6 heteroatoms. The molecule has 4 aromatic carbocycles. The van der Waals surface area contributed by atoms with Crippen molar-refractivity contribution in [2.45, 2.75) is 13.8 Å². The summed E-state index contributed by atoms with van der Waals surface area (Å²) in [6.45, 7) is 7.80. The zero-order valence-corrected chi connectivity index (χ0v) is 23.1. The van der Waals surface area contributed by atoms with Crippen molar-refractivity contribution in [3.63, 3.8) is 0 Å². The SMILES string of the molecule is C=[N+]1[C-](C)C=Cc2cccc(=[OH+])[c-]21.Cc1ccc2cccc([O][Al][O]c3ccc(-c4ccccc4)cc3)c2n1. The van der Waals surface area contributed by atoms with Crippen molar-refractivity contribution >= 4 is 45.3 Å². The number of hydrogen-bond acceptors (Lipinski definition) is 3. The fraction of sp³-hybridized carbons (Fsp3) is 0.0606. The molecule has 39 heavy (non-hydrogen) atoms. The van der Waals surface area contributed by atoms with Gasteiger partial charge in [0.05, 0.1) is 5.75 Å². The highest BCUT2D eigenvalue weighted by Crippen LogP contribution is 2.26. The Kier molecular flexibility index (Phi) is 7.98. The fourth-order valence-corrected chi connectivity index (χ4v) is 4.86. The molecule has 0 spiro atoms. The van der Waals surface area contributed by atoms with Crippen LogP contribution in [0.1, 0.15) is 18.2 Å². The Morgan fingerprint density at radius 2 is 1.56 bits per heavy atom. The second-order valence-electron chi connectivity index (χ2n) is 9.12. The average molecular weight is 528 g/mol. The summed E-state index contributed by atoms with van der Waals surface area (Å²) in [5, 5.41) is 1.07. The second kappa shape index (κ2) is 11.9. The number of para-hydroxylation sites is 2. The number of fused-ring (bicyclic) bond motifs is 2. The van der Waals surface area contributed by atoms with E-state index in [1.165, 1.54) is 11.1 Å². The van der Waals surface area contributed by atoms with Gasteiger partial charge in [-0.05, 0) is 49.0 Å². The molecular weight excluding hydrogens is 499 g/mol. The van der Waals surface area contributed by atoms with Gasteiger partial charge in [-0.2, -0.15) is 6.08 Å². The molecule has 2 heterocycles. The third-order valence-electron chi connectivity index (χ3n) is 6.39. The molecule has 0 amide bonds. The lowest BCUT2D eigenvalue weighted by Crippen LogP contribution is -2.19. The molecule has 0 aliphatic carbocycles. The van der Waals surface area contributed by atoms with E-state index in [1.54, 1.807) is 10.6 Å². The average Bonchev–Trinajstić information content (AvgIpc) is 2.96. The third kappa shape index (κ3) is 6.15. The Morgan fingerprint density at radius 1 is 0.821 bits per heavy atom. The molecule has 0 fully saturated rings. The molecule has 1 N–H and O–H groups in total. The highest BCUT2D eigenvalue weighted by atomic mass is 27.2. The predicted octanol–water partition coefficient (Wildman–Crippen LogP) is 6.54. The molecule has 6 rings (SSSR count). The second-order valence-corrected chi connectivity index (χ2v) is 9.78. The zero-order chi connectivity index (χ0) is 27.2. The largest absolute Gasteiger partial charge is 0.881 e. The number of pyridine rings is 1. The molecule has 1 aromatic heterocycles. The fourth-order valence-electron chi connectivity index (χ4n) is 4.25. The molecule has 0 unspecified atom stereocenters. The number of benzene rings is 4. The van der Waals surface area contributed by atoms with Gasteiger partial charge >= 0.3 is 21.3 Å². The number of aromatic nitrogens is 1. The van der Waals surface area contributed by atoms with Crippen LogP contribution in [0.5, 0.6) is 11.5 Å². The van der Waals surface area contributed by atoms with Gasteiger partial charge in [0.2, 0.25) is 0 Å². The van der Waals surface area contributed by atoms with Gasteiger partial charge in [-0.1, -0.05) is 79.7 Å². The normalized spacial score (nSPS) is 11.8. The smallest absolute Gasteiger partial charge is 0.616 e. The zero-order valence-electron chi connectivity index (χ0n) is 21.9. The van der Waals surface area contributed by atoms with E-state index in [9.17, 15) is 4.79 Å². The summed E-state index contributed by atoms with van der Waals surface area (Å²) < 4.78 is 13.4. The topological polar surface area (TPSA) is 55.8 Å². The van der Waals surface area contributed by atoms with Crippen LogP contribution in [-0.4, -0.2) is 37.0 Å². The molecule has 5 aromatic rings. The van der Waals surface area contributed by atoms with Gasteiger partial charge in [0.25, 0.3) is 0 Å². The summed E-state index contributed by atoms with van der Waals surface area (Å²) in [7, 11) is 0. The van der Waals surface area contributed by atoms with Gasteiger partial charge in [-0.3, -0.25) is 4.79 Å². The highest BCUT2D eigenvalue weighted by molar-refractivity contribution is 6.21. The van der Waals surface area contributed by atoms with Gasteiger partial charge < -0.3 is 12.2 Å². The van der Waals surface area contributed by atoms with E-state index < -0.39 is 15.9 Å². The minimum atomic E-state index is -0.665. The Hall–Kier alpha value is -4.50. The molecule has 5 nitrogen and oxygen atoms in total. The maximum absolute atomic E-state index is 9.62. The monoisotopic (exact) mass is 527 g/mol. The summed E-state index contributed by atoms with van der Waals surface area (Å²) in [4.78, 5) is 14.2. The van der Waals surface area contributed by atoms with Crippen LogP contribution in [0.4, 0.5) is 5.69 Å². The molecule has 191 valence electrons. The van der Waals surface area contributed by atoms with Crippen molar-refractivity contribution in [2.75, 3.05) is 0 Å². The summed E-state index contributed by atoms with van der Waals surface area (Å²) in [5.74, 6) is 1.58. The minimum absolute atomic E-state index is 0.274. The van der Waals surface area contributed by atoms with Crippen LogP contribution >= 0.6 is 0 Å². The lowest BCUT2D eigenvalue weighted by atomic mass is 10.1. The number of hydrogen-bond donors (Lipinski definition) is 0. The van der Waals surface area contributed by atoms with Crippen LogP contribution in [0.25, 0.3) is 28.1 Å². The van der Waals surface area contributed by atoms with Gasteiger partial charge in [-0.25, -0.2) is 11.1 Å². The number of rotatable bonds is 5. The lowest BCUT2D eigenvalue weighted by molar-refractivity contribution is -0.408. The molecule has 1 aliphatic rings. The van der Waals surface area contributed by atoms with Gasteiger partial charge in [-0.15, -0.1) is 5.56 Å². The number of aryl methyl sites for hydroxylation is 1. The molecular formula is C33H28AlN2O3. The van der Waals surface area contributed by atoms with Crippen molar-refractivity contribution in [2.24, 2.45) is 0 Å². The van der Waals surface area contributed by atoms with E-state index in [4.69, 9.17) is 7.58 Å². The summed E-state index contributed by atoms with van der Waals surface area (Å²) in [6, 6.07) is 34.8. The minimum Gasteiger partial charge on any atom is -0.616 e. The first kappa shape index (κ1) is 26.1. The van der Waals surface area contributed by atoms with Crippen molar-refractivity contribution in [1.82, 2.24) is 4.98 Å². The van der Waals surface area contributed by atoms with Crippen LogP contribution in [0.2, 0.25) is 0 Å². The van der Waals surface area contributed by atoms with E-state index in [0.717, 1.165) is 45.4 Å². The Bertz CT molecular complexity index is 1690. The Balaban J connectivity index is 0.000000198. The molecule has 0 saturated heterocycles. The summed E-state index contributed by atoms with van der Waals surface area (Å²) >= 11 is -0.665.